The number of alkyl halides is 2. The topological polar surface area (TPSA) is 99.1 Å². The lowest BCUT2D eigenvalue weighted by molar-refractivity contribution is -0.151. The van der Waals surface area contributed by atoms with Crippen molar-refractivity contribution in [1.82, 2.24) is 0 Å². The molecule has 1 atom stereocenters. The Morgan fingerprint density at radius 2 is 1.82 bits per heavy atom. The Morgan fingerprint density at radius 1 is 1.18 bits per heavy atom. The number of esters is 1. The monoisotopic (exact) mass is 530 g/mol. The molecule has 0 spiro atoms. The van der Waals surface area contributed by atoms with Gasteiger partial charge in [-0.3, -0.25) is 4.55 Å². The summed E-state index contributed by atoms with van der Waals surface area (Å²) in [5, 5.41) is -3.88. The van der Waals surface area contributed by atoms with Gasteiger partial charge in [-0.1, -0.05) is 19.9 Å². The molecule has 0 heterocycles. The van der Waals surface area contributed by atoms with Gasteiger partial charge in [0.05, 0.1) is 3.57 Å². The molecule has 0 fully saturated rings. The molecule has 2 aromatic rings. The first-order chi connectivity index (χ1) is 12.9. The van der Waals surface area contributed by atoms with Crippen molar-refractivity contribution in [2.45, 2.75) is 25.4 Å². The molecule has 0 aromatic heterocycles. The van der Waals surface area contributed by atoms with Crippen molar-refractivity contribution in [3.63, 3.8) is 0 Å². The molecule has 0 radical (unpaired) electrons. The van der Waals surface area contributed by atoms with Crippen molar-refractivity contribution in [2.24, 2.45) is 5.92 Å². The van der Waals surface area contributed by atoms with Crippen LogP contribution in [0.2, 0.25) is 0 Å². The van der Waals surface area contributed by atoms with Gasteiger partial charge < -0.3 is 14.2 Å². The van der Waals surface area contributed by atoms with Crippen molar-refractivity contribution in [2.75, 3.05) is 7.11 Å². The summed E-state index contributed by atoms with van der Waals surface area (Å²) in [6, 6.07) is 7.39. The Balaban J connectivity index is 2.36. The van der Waals surface area contributed by atoms with E-state index < -0.39 is 27.6 Å². The summed E-state index contributed by atoms with van der Waals surface area (Å²) in [6.07, 6.45) is -0.513. The van der Waals surface area contributed by atoms with Gasteiger partial charge in [0.1, 0.15) is 11.5 Å². The van der Waals surface area contributed by atoms with Crippen LogP contribution in [0.5, 0.6) is 11.5 Å². The van der Waals surface area contributed by atoms with Crippen LogP contribution in [0.15, 0.2) is 30.3 Å². The maximum Gasteiger partial charge on any atom is 0.466 e. The zero-order chi connectivity index (χ0) is 21.3. The highest BCUT2D eigenvalue weighted by atomic mass is 127. The quantitative estimate of drug-likeness (QED) is 0.191. The summed E-state index contributed by atoms with van der Waals surface area (Å²) in [5.74, 6) is -2.19. The van der Waals surface area contributed by atoms with Crippen LogP contribution in [-0.4, -0.2) is 37.6 Å². The number of fused-ring (bicyclic) bond motifs is 1. The average molecular weight is 530 g/mol. The van der Waals surface area contributed by atoms with Crippen molar-refractivity contribution < 1.29 is 40.8 Å². The summed E-state index contributed by atoms with van der Waals surface area (Å²) in [4.78, 5) is 11.4. The first-order valence-corrected chi connectivity index (χ1v) is 10.4. The molecule has 28 heavy (non-hydrogen) atoms. The molecule has 1 N–H and O–H groups in total. The van der Waals surface area contributed by atoms with Crippen molar-refractivity contribution in [1.29, 1.82) is 0 Å². The summed E-state index contributed by atoms with van der Waals surface area (Å²) in [6.45, 7) is 3.82. The molecular weight excluding hydrogens is 513 g/mol. The Bertz CT molecular complexity index is 992. The second-order valence-corrected chi connectivity index (χ2v) is 8.76. The fraction of sp³-hybridized carbons (Fsp3) is 0.353. The summed E-state index contributed by atoms with van der Waals surface area (Å²) < 4.78 is 72.7. The number of hydrogen-bond acceptors (Lipinski definition) is 6. The molecule has 0 saturated carbocycles. The molecule has 0 aliphatic rings. The molecular formula is C17H17F2IO7S. The van der Waals surface area contributed by atoms with Crippen LogP contribution in [0.25, 0.3) is 10.8 Å². The minimum Gasteiger partial charge on any atom is -0.464 e. The standard InChI is InChI=1S/C17H17F2IO7S/c1-9(2)15(25-3)27-14-8-11-6-12(5-4-10(11)7-13(14)20)26-16(21)17(18,19)28(22,23)24/h4-9,15H,1-3H3,(H,22,23,24). The normalized spacial score (nSPS) is 13.6. The van der Waals surface area contributed by atoms with E-state index in [2.05, 4.69) is 27.3 Å². The van der Waals surface area contributed by atoms with Crippen LogP contribution in [0.4, 0.5) is 8.78 Å². The first kappa shape index (κ1) is 22.7. The van der Waals surface area contributed by atoms with Crippen LogP contribution in [-0.2, 0) is 19.6 Å². The van der Waals surface area contributed by atoms with E-state index in [4.69, 9.17) is 14.0 Å². The van der Waals surface area contributed by atoms with Gasteiger partial charge in [-0.05, 0) is 57.6 Å². The van der Waals surface area contributed by atoms with Gasteiger partial charge in [-0.15, -0.1) is 0 Å². The van der Waals surface area contributed by atoms with Crippen LogP contribution in [0, 0.1) is 9.49 Å². The zero-order valence-corrected chi connectivity index (χ0v) is 18.0. The third kappa shape index (κ3) is 4.88. The van der Waals surface area contributed by atoms with E-state index in [1.165, 1.54) is 25.3 Å². The van der Waals surface area contributed by atoms with E-state index in [0.29, 0.717) is 16.5 Å². The maximum absolute atomic E-state index is 13.4. The highest BCUT2D eigenvalue weighted by Gasteiger charge is 2.54. The van der Waals surface area contributed by atoms with E-state index in [-0.39, 0.29) is 11.7 Å². The number of carbonyl (C=O) groups excluding carboxylic acids is 1. The van der Waals surface area contributed by atoms with Crippen molar-refractivity contribution in [3.05, 3.63) is 33.9 Å². The minimum absolute atomic E-state index is 0.0615. The predicted molar refractivity (Wildman–Crippen MR) is 105 cm³/mol. The number of benzene rings is 2. The van der Waals surface area contributed by atoms with E-state index in [1.807, 2.05) is 13.8 Å². The number of carbonyl (C=O) groups is 1. The minimum atomic E-state index is -5.94. The number of ether oxygens (including phenoxy) is 3. The number of rotatable bonds is 7. The first-order valence-electron chi connectivity index (χ1n) is 7.86. The van der Waals surface area contributed by atoms with Crippen LogP contribution in [0.3, 0.4) is 0 Å². The van der Waals surface area contributed by atoms with Crippen LogP contribution < -0.4 is 9.47 Å². The Kier molecular flexibility index (Phi) is 6.84. The second-order valence-electron chi connectivity index (χ2n) is 6.14. The predicted octanol–water partition coefficient (Wildman–Crippen LogP) is 3.84. The molecule has 2 aromatic carbocycles. The Labute approximate surface area is 173 Å². The second kappa shape index (κ2) is 8.43. The van der Waals surface area contributed by atoms with Crippen LogP contribution in [0.1, 0.15) is 13.8 Å². The van der Waals surface area contributed by atoms with Crippen molar-refractivity contribution >= 4 is 49.5 Å². The maximum atomic E-state index is 13.4. The van der Waals surface area contributed by atoms with Gasteiger partial charge in [-0.25, -0.2) is 4.79 Å². The number of halogens is 3. The highest BCUT2D eigenvalue weighted by molar-refractivity contribution is 14.1. The lowest BCUT2D eigenvalue weighted by atomic mass is 10.1. The van der Waals surface area contributed by atoms with Gasteiger partial charge in [0.25, 0.3) is 0 Å². The van der Waals surface area contributed by atoms with Crippen LogP contribution >= 0.6 is 22.6 Å². The van der Waals surface area contributed by atoms with Gasteiger partial charge in [0, 0.05) is 13.0 Å². The molecule has 2 rings (SSSR count). The molecule has 0 aliphatic carbocycles. The SMILES string of the molecule is COC(Oc1cc2cc(OC(=O)C(F)(F)S(=O)(=O)O)ccc2cc1I)C(C)C. The van der Waals surface area contributed by atoms with E-state index >= 15 is 0 Å². The summed E-state index contributed by atoms with van der Waals surface area (Å²) >= 11 is 2.07. The fourth-order valence-electron chi connectivity index (χ4n) is 2.23. The number of hydrogen-bond donors (Lipinski definition) is 1. The molecule has 7 nitrogen and oxygen atoms in total. The zero-order valence-electron chi connectivity index (χ0n) is 15.0. The molecule has 154 valence electrons. The van der Waals surface area contributed by atoms with E-state index in [1.54, 1.807) is 12.1 Å². The average Bonchev–Trinajstić information content (AvgIpc) is 2.58. The Morgan fingerprint density at radius 3 is 2.36 bits per heavy atom. The summed E-state index contributed by atoms with van der Waals surface area (Å²) in [5.41, 5.74) is 0. The van der Waals surface area contributed by atoms with E-state index in [0.717, 1.165) is 3.57 Å². The van der Waals surface area contributed by atoms with Gasteiger partial charge in [-0.2, -0.15) is 17.2 Å². The Hall–Kier alpha value is -1.57. The largest absolute Gasteiger partial charge is 0.466 e. The molecule has 0 amide bonds. The van der Waals surface area contributed by atoms with E-state index in [9.17, 15) is 22.0 Å². The molecule has 0 saturated heterocycles. The summed E-state index contributed by atoms with van der Waals surface area (Å²) in [7, 11) is -4.44. The highest BCUT2D eigenvalue weighted by Crippen LogP contribution is 2.32. The van der Waals surface area contributed by atoms with Crippen molar-refractivity contribution in [3.8, 4) is 11.5 Å². The van der Waals surface area contributed by atoms with Gasteiger partial charge >= 0.3 is 21.3 Å². The smallest absolute Gasteiger partial charge is 0.464 e. The lowest BCUT2D eigenvalue weighted by Crippen LogP contribution is -2.40. The number of methoxy groups -OCH3 is 1. The molecule has 11 heteroatoms. The van der Waals surface area contributed by atoms with Gasteiger partial charge in [0.2, 0.25) is 6.29 Å². The third-order valence-corrected chi connectivity index (χ3v) is 5.31. The molecule has 1 unspecified atom stereocenters. The molecule has 0 aliphatic heterocycles. The fourth-order valence-corrected chi connectivity index (χ4v) is 3.10. The lowest BCUT2D eigenvalue weighted by Gasteiger charge is -2.22. The van der Waals surface area contributed by atoms with Gasteiger partial charge in [0.15, 0.2) is 0 Å². The molecule has 0 bridgehead atoms. The third-order valence-electron chi connectivity index (χ3n) is 3.65.